The minimum Gasteiger partial charge on any atom is -0.444 e. The number of amides is 1. The molecule has 2 aliphatic rings. The molecule has 5 nitrogen and oxygen atoms in total. The lowest BCUT2D eigenvalue weighted by atomic mass is 10.1. The second-order valence-electron chi connectivity index (χ2n) is 8.01. The number of carbonyl (C=O) groups is 1. The van der Waals surface area contributed by atoms with Crippen LogP contribution >= 0.6 is 0 Å². The summed E-state index contributed by atoms with van der Waals surface area (Å²) in [5.41, 5.74) is -0.423. The van der Waals surface area contributed by atoms with Crippen LogP contribution in [0.5, 0.6) is 0 Å². The Balaban J connectivity index is 1.57. The number of piperidine rings is 1. The fourth-order valence-corrected chi connectivity index (χ4v) is 3.45. The maximum atomic E-state index is 12.0. The van der Waals surface area contributed by atoms with E-state index < -0.39 is 5.60 Å². The molecule has 1 aliphatic heterocycles. The van der Waals surface area contributed by atoms with E-state index in [0.717, 1.165) is 45.0 Å². The molecule has 1 saturated carbocycles. The summed E-state index contributed by atoms with van der Waals surface area (Å²) in [6.45, 7) is 11.2. The molecule has 0 aromatic heterocycles. The Kier molecular flexibility index (Phi) is 6.72. The lowest BCUT2D eigenvalue weighted by Crippen LogP contribution is -2.44. The van der Waals surface area contributed by atoms with Gasteiger partial charge in [-0.25, -0.2) is 4.79 Å². The van der Waals surface area contributed by atoms with Crippen LogP contribution in [0.2, 0.25) is 0 Å². The van der Waals surface area contributed by atoms with Gasteiger partial charge in [0.1, 0.15) is 5.60 Å². The van der Waals surface area contributed by atoms with Crippen molar-refractivity contribution in [3.8, 4) is 0 Å². The van der Waals surface area contributed by atoms with Gasteiger partial charge in [-0.3, -0.25) is 0 Å². The van der Waals surface area contributed by atoms with Crippen molar-refractivity contribution >= 4 is 6.09 Å². The average molecular weight is 326 g/mol. The summed E-state index contributed by atoms with van der Waals surface area (Å²) in [5, 5.41) is 3.61. The lowest BCUT2D eigenvalue weighted by Gasteiger charge is -2.33. The molecule has 0 radical (unpaired) electrons. The highest BCUT2D eigenvalue weighted by molar-refractivity contribution is 5.68. The smallest absolute Gasteiger partial charge is 0.410 e. The van der Waals surface area contributed by atoms with Crippen LogP contribution in [-0.4, -0.2) is 55.0 Å². The Morgan fingerprint density at radius 2 is 1.87 bits per heavy atom. The Labute approximate surface area is 141 Å². The van der Waals surface area contributed by atoms with Crippen LogP contribution in [0.4, 0.5) is 4.79 Å². The molecule has 1 heterocycles. The summed E-state index contributed by atoms with van der Waals surface area (Å²) in [4.78, 5) is 13.8. The SMILES string of the molecule is CC1CCCC1NCCOC1CCN(C(=O)OC(C)(C)C)CC1. The van der Waals surface area contributed by atoms with Crippen molar-refractivity contribution in [1.82, 2.24) is 10.2 Å². The van der Waals surface area contributed by atoms with Gasteiger partial charge < -0.3 is 19.7 Å². The number of rotatable bonds is 5. The molecule has 0 bridgehead atoms. The number of nitrogens with zero attached hydrogens (tertiary/aromatic N) is 1. The predicted octanol–water partition coefficient (Wildman–Crippen LogP) is 3.18. The Morgan fingerprint density at radius 1 is 1.17 bits per heavy atom. The first kappa shape index (κ1) is 18.5. The van der Waals surface area contributed by atoms with Gasteiger partial charge in [0.2, 0.25) is 0 Å². The van der Waals surface area contributed by atoms with Crippen LogP contribution < -0.4 is 5.32 Å². The minimum atomic E-state index is -0.423. The molecule has 1 N–H and O–H groups in total. The molecule has 5 heteroatoms. The van der Waals surface area contributed by atoms with Crippen molar-refractivity contribution < 1.29 is 14.3 Å². The van der Waals surface area contributed by atoms with Gasteiger partial charge in [-0.1, -0.05) is 13.3 Å². The summed E-state index contributed by atoms with van der Waals surface area (Å²) >= 11 is 0. The number of ether oxygens (including phenoxy) is 2. The summed E-state index contributed by atoms with van der Waals surface area (Å²) < 4.78 is 11.4. The first-order chi connectivity index (χ1) is 10.8. The van der Waals surface area contributed by atoms with Crippen molar-refractivity contribution in [1.29, 1.82) is 0 Å². The molecule has 2 fully saturated rings. The second-order valence-corrected chi connectivity index (χ2v) is 8.01. The van der Waals surface area contributed by atoms with Gasteiger partial charge in [0.25, 0.3) is 0 Å². The molecule has 1 aliphatic carbocycles. The average Bonchev–Trinajstić information content (AvgIpc) is 2.88. The highest BCUT2D eigenvalue weighted by Gasteiger charge is 2.27. The summed E-state index contributed by atoms with van der Waals surface area (Å²) in [6, 6.07) is 0.674. The van der Waals surface area contributed by atoms with Crippen molar-refractivity contribution in [2.45, 2.75) is 77.5 Å². The van der Waals surface area contributed by atoms with Gasteiger partial charge in [-0.15, -0.1) is 0 Å². The number of hydrogen-bond acceptors (Lipinski definition) is 4. The van der Waals surface area contributed by atoms with Gasteiger partial charge in [-0.05, 0) is 52.4 Å². The zero-order valence-corrected chi connectivity index (χ0v) is 15.3. The highest BCUT2D eigenvalue weighted by atomic mass is 16.6. The zero-order valence-electron chi connectivity index (χ0n) is 15.3. The summed E-state index contributed by atoms with van der Waals surface area (Å²) in [5.74, 6) is 0.798. The molecule has 134 valence electrons. The van der Waals surface area contributed by atoms with Crippen LogP contribution in [0.3, 0.4) is 0 Å². The van der Waals surface area contributed by atoms with E-state index in [1.807, 2.05) is 20.8 Å². The van der Waals surface area contributed by atoms with E-state index in [2.05, 4.69) is 12.2 Å². The van der Waals surface area contributed by atoms with E-state index >= 15 is 0 Å². The molecule has 1 saturated heterocycles. The maximum Gasteiger partial charge on any atom is 0.410 e. The van der Waals surface area contributed by atoms with Gasteiger partial charge in [0.15, 0.2) is 0 Å². The largest absolute Gasteiger partial charge is 0.444 e. The fourth-order valence-electron chi connectivity index (χ4n) is 3.45. The first-order valence-electron chi connectivity index (χ1n) is 9.18. The highest BCUT2D eigenvalue weighted by Crippen LogP contribution is 2.24. The molecule has 2 unspecified atom stereocenters. The Bertz CT molecular complexity index is 373. The van der Waals surface area contributed by atoms with Crippen molar-refractivity contribution in [3.63, 3.8) is 0 Å². The Hall–Kier alpha value is -0.810. The summed E-state index contributed by atoms with van der Waals surface area (Å²) in [7, 11) is 0. The zero-order chi connectivity index (χ0) is 16.9. The molecular formula is C18H34N2O3. The van der Waals surface area contributed by atoms with Crippen LogP contribution in [-0.2, 0) is 9.47 Å². The molecule has 23 heavy (non-hydrogen) atoms. The molecular weight excluding hydrogens is 292 g/mol. The fraction of sp³-hybridized carbons (Fsp3) is 0.944. The monoisotopic (exact) mass is 326 g/mol. The van der Waals surface area contributed by atoms with Crippen molar-refractivity contribution in [2.75, 3.05) is 26.2 Å². The predicted molar refractivity (Wildman–Crippen MR) is 91.6 cm³/mol. The van der Waals surface area contributed by atoms with Gasteiger partial charge in [0, 0.05) is 25.7 Å². The third-order valence-corrected chi connectivity index (χ3v) is 4.82. The molecule has 0 aromatic rings. The molecule has 2 rings (SSSR count). The van der Waals surface area contributed by atoms with Gasteiger partial charge >= 0.3 is 6.09 Å². The van der Waals surface area contributed by atoms with Crippen molar-refractivity contribution in [2.24, 2.45) is 5.92 Å². The van der Waals surface area contributed by atoms with E-state index in [1.165, 1.54) is 19.3 Å². The van der Waals surface area contributed by atoms with E-state index in [4.69, 9.17) is 9.47 Å². The molecule has 0 spiro atoms. The number of hydrogen-bond donors (Lipinski definition) is 1. The van der Waals surface area contributed by atoms with Gasteiger partial charge in [0.05, 0.1) is 12.7 Å². The first-order valence-corrected chi connectivity index (χ1v) is 9.18. The normalized spacial score (nSPS) is 26.5. The summed E-state index contributed by atoms with van der Waals surface area (Å²) in [6.07, 6.45) is 5.88. The molecule has 2 atom stereocenters. The number of likely N-dealkylation sites (tertiary alicyclic amines) is 1. The van der Waals surface area contributed by atoms with Crippen LogP contribution in [0.25, 0.3) is 0 Å². The van der Waals surface area contributed by atoms with Crippen LogP contribution in [0.1, 0.15) is 59.8 Å². The maximum absolute atomic E-state index is 12.0. The third kappa shape index (κ3) is 6.30. The quantitative estimate of drug-likeness (QED) is 0.788. The number of nitrogens with one attached hydrogen (secondary N) is 1. The topological polar surface area (TPSA) is 50.8 Å². The van der Waals surface area contributed by atoms with E-state index in [-0.39, 0.29) is 12.2 Å². The Morgan fingerprint density at radius 3 is 2.43 bits per heavy atom. The van der Waals surface area contributed by atoms with E-state index in [0.29, 0.717) is 6.04 Å². The van der Waals surface area contributed by atoms with Crippen LogP contribution in [0.15, 0.2) is 0 Å². The van der Waals surface area contributed by atoms with E-state index in [1.54, 1.807) is 4.90 Å². The third-order valence-electron chi connectivity index (χ3n) is 4.82. The standard InChI is InChI=1S/C18H34N2O3/c1-14-6-5-7-16(14)19-10-13-22-15-8-11-20(12-9-15)17(21)23-18(2,3)4/h14-16,19H,5-13H2,1-4H3. The molecule has 1 amide bonds. The van der Waals surface area contributed by atoms with E-state index in [9.17, 15) is 4.79 Å². The van der Waals surface area contributed by atoms with Crippen LogP contribution in [0, 0.1) is 5.92 Å². The minimum absolute atomic E-state index is 0.201. The van der Waals surface area contributed by atoms with Gasteiger partial charge in [-0.2, -0.15) is 0 Å². The number of carbonyl (C=O) groups excluding carboxylic acids is 1. The lowest BCUT2D eigenvalue weighted by molar-refractivity contribution is -0.0109. The second kappa shape index (κ2) is 8.34. The van der Waals surface area contributed by atoms with Crippen molar-refractivity contribution in [3.05, 3.63) is 0 Å². The molecule has 0 aromatic carbocycles.